The molecule has 8 heteroatoms. The van der Waals surface area contributed by atoms with Gasteiger partial charge in [0, 0.05) is 24.2 Å². The molecule has 5 nitrogen and oxygen atoms in total. The van der Waals surface area contributed by atoms with Crippen molar-refractivity contribution in [1.29, 1.82) is 0 Å². The average Bonchev–Trinajstić information content (AvgIpc) is 2.37. The predicted octanol–water partition coefficient (Wildman–Crippen LogP) is 2.73. The summed E-state index contributed by atoms with van der Waals surface area (Å²) in [6.07, 6.45) is 0.407. The SMILES string of the molecule is COC(C)(C)CCOC(=O)c1cc(S(=O)(=O)Cl)ccc1F. The van der Waals surface area contributed by atoms with Gasteiger partial charge in [0.2, 0.25) is 0 Å². The van der Waals surface area contributed by atoms with Crippen LogP contribution in [0.15, 0.2) is 23.1 Å². The lowest BCUT2D eigenvalue weighted by Gasteiger charge is -2.22. The first-order chi connectivity index (χ1) is 9.57. The van der Waals surface area contributed by atoms with Crippen LogP contribution in [0.5, 0.6) is 0 Å². The Hall–Kier alpha value is -1.18. The summed E-state index contributed by atoms with van der Waals surface area (Å²) < 4.78 is 46.0. The van der Waals surface area contributed by atoms with Gasteiger partial charge in [-0.05, 0) is 32.0 Å². The summed E-state index contributed by atoms with van der Waals surface area (Å²) in [5, 5.41) is 0. The fourth-order valence-electron chi connectivity index (χ4n) is 1.38. The third-order valence-corrected chi connectivity index (χ3v) is 4.28. The highest BCUT2D eigenvalue weighted by atomic mass is 35.7. The van der Waals surface area contributed by atoms with Crippen molar-refractivity contribution in [3.8, 4) is 0 Å². The molecule has 0 amide bonds. The largest absolute Gasteiger partial charge is 0.462 e. The number of rotatable bonds is 6. The number of hydrogen-bond donors (Lipinski definition) is 0. The van der Waals surface area contributed by atoms with Gasteiger partial charge < -0.3 is 9.47 Å². The minimum atomic E-state index is -4.05. The summed E-state index contributed by atoms with van der Waals surface area (Å²) in [5.74, 6) is -1.84. The quantitative estimate of drug-likeness (QED) is 0.589. The molecule has 0 N–H and O–H groups in total. The summed E-state index contributed by atoms with van der Waals surface area (Å²) in [6.45, 7) is 3.63. The molecule has 1 aromatic carbocycles. The molecule has 1 aromatic rings. The van der Waals surface area contributed by atoms with Crippen LogP contribution in [0.4, 0.5) is 4.39 Å². The molecular formula is C13H16ClFO5S. The minimum Gasteiger partial charge on any atom is -0.462 e. The van der Waals surface area contributed by atoms with Crippen molar-refractivity contribution in [2.45, 2.75) is 30.8 Å². The summed E-state index contributed by atoms with van der Waals surface area (Å²) in [6, 6.07) is 2.68. The van der Waals surface area contributed by atoms with Crippen LogP contribution >= 0.6 is 10.7 Å². The van der Waals surface area contributed by atoms with E-state index in [0.29, 0.717) is 6.42 Å². The molecule has 0 heterocycles. The van der Waals surface area contributed by atoms with Crippen molar-refractivity contribution in [3.63, 3.8) is 0 Å². The second-order valence-corrected chi connectivity index (χ2v) is 7.50. The number of benzene rings is 1. The third-order valence-electron chi connectivity index (χ3n) is 2.93. The summed E-state index contributed by atoms with van der Waals surface area (Å²) in [4.78, 5) is 11.4. The predicted molar refractivity (Wildman–Crippen MR) is 75.4 cm³/mol. The fourth-order valence-corrected chi connectivity index (χ4v) is 2.16. The Bertz CT molecular complexity index is 627. The van der Waals surface area contributed by atoms with Crippen molar-refractivity contribution in [3.05, 3.63) is 29.6 Å². The van der Waals surface area contributed by atoms with Gasteiger partial charge >= 0.3 is 5.97 Å². The Morgan fingerprint density at radius 1 is 1.38 bits per heavy atom. The Kier molecular flexibility index (Phi) is 5.72. The molecule has 0 aliphatic heterocycles. The van der Waals surface area contributed by atoms with Crippen LogP contribution in [0.1, 0.15) is 30.6 Å². The summed E-state index contributed by atoms with van der Waals surface area (Å²) in [5.41, 5.74) is -0.966. The zero-order valence-electron chi connectivity index (χ0n) is 11.9. The number of carbonyl (C=O) groups is 1. The molecule has 0 saturated carbocycles. The maximum Gasteiger partial charge on any atom is 0.341 e. The average molecular weight is 339 g/mol. The molecular weight excluding hydrogens is 323 g/mol. The van der Waals surface area contributed by atoms with Gasteiger partial charge in [-0.3, -0.25) is 0 Å². The van der Waals surface area contributed by atoms with Crippen molar-refractivity contribution >= 4 is 25.7 Å². The van der Waals surface area contributed by atoms with Crippen LogP contribution in [0.3, 0.4) is 0 Å². The van der Waals surface area contributed by atoms with Gasteiger partial charge in [0.05, 0.1) is 22.7 Å². The van der Waals surface area contributed by atoms with E-state index in [1.165, 1.54) is 7.11 Å². The molecule has 0 saturated heterocycles. The first-order valence-electron chi connectivity index (χ1n) is 6.03. The minimum absolute atomic E-state index is 0.0109. The van der Waals surface area contributed by atoms with E-state index < -0.39 is 32.0 Å². The molecule has 0 spiro atoms. The van der Waals surface area contributed by atoms with Crippen molar-refractivity contribution in [1.82, 2.24) is 0 Å². The zero-order chi connectivity index (χ0) is 16.3. The van der Waals surface area contributed by atoms with Gasteiger partial charge in [0.25, 0.3) is 9.05 Å². The van der Waals surface area contributed by atoms with E-state index in [0.717, 1.165) is 18.2 Å². The standard InChI is InChI=1S/C13H16ClFO5S/c1-13(2,19-3)6-7-20-12(16)10-8-9(21(14,17)18)4-5-11(10)15/h4-5,8H,6-7H2,1-3H3. The Balaban J connectivity index is 2.83. The van der Waals surface area contributed by atoms with E-state index in [2.05, 4.69) is 0 Å². The molecule has 0 radical (unpaired) electrons. The summed E-state index contributed by atoms with van der Waals surface area (Å²) in [7, 11) is 2.63. The van der Waals surface area contributed by atoms with Crippen LogP contribution < -0.4 is 0 Å². The van der Waals surface area contributed by atoms with E-state index in [4.69, 9.17) is 20.2 Å². The highest BCUT2D eigenvalue weighted by Gasteiger charge is 2.21. The second kappa shape index (κ2) is 6.72. The molecule has 0 fully saturated rings. The van der Waals surface area contributed by atoms with E-state index in [-0.39, 0.29) is 11.5 Å². The van der Waals surface area contributed by atoms with Crippen LogP contribution in [-0.4, -0.2) is 33.7 Å². The second-order valence-electron chi connectivity index (χ2n) is 4.93. The van der Waals surface area contributed by atoms with Crippen molar-refractivity contribution in [2.75, 3.05) is 13.7 Å². The van der Waals surface area contributed by atoms with Crippen LogP contribution in [0.2, 0.25) is 0 Å². The number of ether oxygens (including phenoxy) is 2. The molecule has 118 valence electrons. The van der Waals surface area contributed by atoms with E-state index in [1.807, 2.05) is 13.8 Å². The Morgan fingerprint density at radius 3 is 2.52 bits per heavy atom. The third kappa shape index (κ3) is 5.26. The van der Waals surface area contributed by atoms with Crippen LogP contribution in [0.25, 0.3) is 0 Å². The maximum atomic E-state index is 13.6. The lowest BCUT2D eigenvalue weighted by atomic mass is 10.1. The monoisotopic (exact) mass is 338 g/mol. The van der Waals surface area contributed by atoms with Gasteiger partial charge in [0.1, 0.15) is 5.82 Å². The van der Waals surface area contributed by atoms with E-state index >= 15 is 0 Å². The van der Waals surface area contributed by atoms with E-state index in [1.54, 1.807) is 0 Å². The molecule has 21 heavy (non-hydrogen) atoms. The Morgan fingerprint density at radius 2 is 2.00 bits per heavy atom. The summed E-state index contributed by atoms with van der Waals surface area (Å²) >= 11 is 0. The number of hydrogen-bond acceptors (Lipinski definition) is 5. The topological polar surface area (TPSA) is 69.7 Å². The molecule has 0 aromatic heterocycles. The smallest absolute Gasteiger partial charge is 0.341 e. The fraction of sp³-hybridized carbons (Fsp3) is 0.462. The number of esters is 1. The molecule has 0 atom stereocenters. The van der Waals surface area contributed by atoms with Crippen LogP contribution in [-0.2, 0) is 18.5 Å². The lowest BCUT2D eigenvalue weighted by molar-refractivity contribution is -0.00575. The first kappa shape index (κ1) is 17.9. The maximum absolute atomic E-state index is 13.6. The van der Waals surface area contributed by atoms with Gasteiger partial charge in [-0.1, -0.05) is 0 Å². The van der Waals surface area contributed by atoms with Gasteiger partial charge in [-0.2, -0.15) is 0 Å². The molecule has 0 aliphatic carbocycles. The molecule has 0 aliphatic rings. The van der Waals surface area contributed by atoms with Gasteiger partial charge in [-0.25, -0.2) is 17.6 Å². The number of halogens is 2. The highest BCUT2D eigenvalue weighted by molar-refractivity contribution is 8.13. The highest BCUT2D eigenvalue weighted by Crippen LogP contribution is 2.20. The van der Waals surface area contributed by atoms with Gasteiger partial charge in [-0.15, -0.1) is 0 Å². The molecule has 1 rings (SSSR count). The Labute approximate surface area is 127 Å². The number of methoxy groups -OCH3 is 1. The number of carbonyl (C=O) groups excluding carboxylic acids is 1. The van der Waals surface area contributed by atoms with Gasteiger partial charge in [0.15, 0.2) is 0 Å². The lowest BCUT2D eigenvalue weighted by Crippen LogP contribution is -2.25. The zero-order valence-corrected chi connectivity index (χ0v) is 13.4. The van der Waals surface area contributed by atoms with Crippen molar-refractivity contribution in [2.24, 2.45) is 0 Å². The molecule has 0 bridgehead atoms. The first-order valence-corrected chi connectivity index (χ1v) is 8.34. The van der Waals surface area contributed by atoms with Crippen molar-refractivity contribution < 1.29 is 27.1 Å². The molecule has 0 unspecified atom stereocenters. The van der Waals surface area contributed by atoms with Crippen LogP contribution in [0, 0.1) is 5.82 Å². The van der Waals surface area contributed by atoms with E-state index in [9.17, 15) is 17.6 Å². The normalized spacial score (nSPS) is 12.2.